The second-order valence-corrected chi connectivity index (χ2v) is 13.7. The van der Waals surface area contributed by atoms with Crippen LogP contribution in [0.2, 0.25) is 0 Å². The zero-order valence-electron chi connectivity index (χ0n) is 28.5. The fourth-order valence-electron chi connectivity index (χ4n) is 6.75. The zero-order chi connectivity index (χ0) is 33.3. The topological polar surface area (TPSA) is 83.5 Å². The molecule has 0 unspecified atom stereocenters. The number of aliphatic hydroxyl groups excluding tert-OH is 1. The Morgan fingerprint density at radius 3 is 2.39 bits per heavy atom. The van der Waals surface area contributed by atoms with Crippen molar-refractivity contribution in [3.63, 3.8) is 0 Å². The van der Waals surface area contributed by atoms with E-state index < -0.39 is 24.1 Å². The van der Waals surface area contributed by atoms with Gasteiger partial charge in [-0.05, 0) is 60.9 Å². The lowest BCUT2D eigenvalue weighted by Gasteiger charge is -2.52. The van der Waals surface area contributed by atoms with Crippen LogP contribution >= 0.6 is 0 Å². The summed E-state index contributed by atoms with van der Waals surface area (Å²) in [5.74, 6) is 2.53. The van der Waals surface area contributed by atoms with Crippen molar-refractivity contribution in [1.29, 1.82) is 0 Å². The number of rotatable bonds is 14. The molecule has 2 aliphatic heterocycles. The quantitative estimate of drug-likeness (QED) is 0.169. The Morgan fingerprint density at radius 1 is 1.07 bits per heavy atom. The van der Waals surface area contributed by atoms with Crippen LogP contribution in [0.4, 0.5) is 0 Å². The van der Waals surface area contributed by atoms with Gasteiger partial charge in [0.15, 0.2) is 5.79 Å². The molecule has 2 fully saturated rings. The van der Waals surface area contributed by atoms with E-state index in [-0.39, 0.29) is 30.0 Å². The van der Waals surface area contributed by atoms with Gasteiger partial charge in [0.2, 0.25) is 0 Å². The molecule has 9 atom stereocenters. The molecule has 252 valence electrons. The van der Waals surface area contributed by atoms with Gasteiger partial charge in [0.1, 0.15) is 11.9 Å². The van der Waals surface area contributed by atoms with Crippen molar-refractivity contribution in [2.24, 2.45) is 23.7 Å². The summed E-state index contributed by atoms with van der Waals surface area (Å²) >= 11 is 0. The lowest BCUT2D eigenvalue weighted by Crippen LogP contribution is -2.58. The van der Waals surface area contributed by atoms with Crippen LogP contribution in [-0.2, 0) is 25.6 Å². The number of carbonyl (C=O) groups is 1. The summed E-state index contributed by atoms with van der Waals surface area (Å²) in [6, 6.07) is 17.0. The summed E-state index contributed by atoms with van der Waals surface area (Å²) in [4.78, 5) is 13.3. The molecule has 0 aromatic heterocycles. The lowest BCUT2D eigenvalue weighted by molar-refractivity contribution is -0.349. The first-order valence-corrected chi connectivity index (χ1v) is 17.1. The van der Waals surface area contributed by atoms with Crippen LogP contribution in [0.25, 0.3) is 0 Å². The highest BCUT2D eigenvalue weighted by molar-refractivity contribution is 5.89. The van der Waals surface area contributed by atoms with Crippen LogP contribution in [0, 0.1) is 36.0 Å². The van der Waals surface area contributed by atoms with Gasteiger partial charge in [-0.15, -0.1) is 12.3 Å². The molecule has 2 aliphatic rings. The van der Waals surface area contributed by atoms with Crippen LogP contribution in [-0.4, -0.2) is 54.5 Å². The normalized spacial score (nSPS) is 28.3. The second kappa shape index (κ2) is 16.8. The molecule has 4 rings (SSSR count). The van der Waals surface area contributed by atoms with E-state index in [1.165, 1.54) is 0 Å². The molecule has 1 spiro atoms. The maximum atomic E-state index is 13.3. The number of benzene rings is 2. The molecule has 2 saturated heterocycles. The Bertz CT molecular complexity index is 1260. The standard InChI is InChI=1S/C39H54O7/c1-8-30(21-26(3)4)34(40)23-36-28(6)37(44-38(41)31-13-11-10-12-14-31)24-39(46-36)20-19-27(5)35(45-39)22-32(9-2)43-25-29-15-17-33(42-7)18-16-29/h1,10-18,26-28,30,32,34-37,40H,9,19-25H2,2-7H3/t27-,28+,30+,32+,34-,35-,36-,37-,39+/m0/s1. The first kappa shape index (κ1) is 36.0. The maximum Gasteiger partial charge on any atom is 0.338 e. The third kappa shape index (κ3) is 9.58. The van der Waals surface area contributed by atoms with Gasteiger partial charge in [0.05, 0.1) is 43.7 Å². The van der Waals surface area contributed by atoms with Crippen molar-refractivity contribution in [3.05, 3.63) is 65.7 Å². The minimum Gasteiger partial charge on any atom is -0.497 e. The lowest BCUT2D eigenvalue weighted by atomic mass is 9.79. The van der Waals surface area contributed by atoms with Gasteiger partial charge in [-0.3, -0.25) is 0 Å². The summed E-state index contributed by atoms with van der Waals surface area (Å²) in [5.41, 5.74) is 1.59. The zero-order valence-corrected chi connectivity index (χ0v) is 28.5. The Morgan fingerprint density at radius 2 is 1.76 bits per heavy atom. The van der Waals surface area contributed by atoms with E-state index in [1.807, 2.05) is 49.4 Å². The van der Waals surface area contributed by atoms with Gasteiger partial charge in [0.25, 0.3) is 0 Å². The summed E-state index contributed by atoms with van der Waals surface area (Å²) < 4.78 is 31.7. The third-order valence-electron chi connectivity index (χ3n) is 9.77. The van der Waals surface area contributed by atoms with Crippen molar-refractivity contribution in [2.45, 2.75) is 122 Å². The first-order valence-electron chi connectivity index (χ1n) is 17.1. The fourth-order valence-corrected chi connectivity index (χ4v) is 6.75. The van der Waals surface area contributed by atoms with Crippen LogP contribution in [0.1, 0.15) is 95.5 Å². The van der Waals surface area contributed by atoms with Crippen molar-refractivity contribution in [3.8, 4) is 18.1 Å². The number of esters is 1. The largest absolute Gasteiger partial charge is 0.497 e. The van der Waals surface area contributed by atoms with Crippen molar-refractivity contribution >= 4 is 5.97 Å². The van der Waals surface area contributed by atoms with Crippen molar-refractivity contribution in [1.82, 2.24) is 0 Å². The van der Waals surface area contributed by atoms with E-state index in [9.17, 15) is 9.90 Å². The number of aliphatic hydroxyl groups is 1. The summed E-state index contributed by atoms with van der Waals surface area (Å²) in [7, 11) is 1.66. The molecule has 1 N–H and O–H groups in total. The Kier molecular flexibility index (Phi) is 13.1. The number of carbonyl (C=O) groups excluding carboxylic acids is 1. The minimum atomic E-state index is -0.937. The van der Waals surface area contributed by atoms with Gasteiger partial charge < -0.3 is 28.8 Å². The van der Waals surface area contributed by atoms with Gasteiger partial charge in [-0.1, -0.05) is 65.0 Å². The van der Waals surface area contributed by atoms with E-state index in [4.69, 9.17) is 30.1 Å². The van der Waals surface area contributed by atoms with Gasteiger partial charge in [0, 0.05) is 37.5 Å². The third-order valence-corrected chi connectivity index (χ3v) is 9.77. The highest BCUT2D eigenvalue weighted by Gasteiger charge is 2.52. The van der Waals surface area contributed by atoms with E-state index in [1.54, 1.807) is 19.2 Å². The number of hydrogen-bond acceptors (Lipinski definition) is 7. The Balaban J connectivity index is 1.51. The summed E-state index contributed by atoms with van der Waals surface area (Å²) in [5, 5.41) is 11.3. The maximum absolute atomic E-state index is 13.3. The van der Waals surface area contributed by atoms with E-state index in [0.29, 0.717) is 43.3 Å². The molecular weight excluding hydrogens is 580 g/mol. The first-order chi connectivity index (χ1) is 22.1. The van der Waals surface area contributed by atoms with Crippen LogP contribution in [0.5, 0.6) is 5.75 Å². The number of ether oxygens (including phenoxy) is 5. The predicted octanol–water partition coefficient (Wildman–Crippen LogP) is 7.59. The van der Waals surface area contributed by atoms with Crippen molar-refractivity contribution < 1.29 is 33.6 Å². The summed E-state index contributed by atoms with van der Waals surface area (Å²) in [6.07, 6.45) is 8.83. The SMILES string of the molecule is C#C[C@H](CC(C)C)[C@@H](O)C[C@@H]1O[C@]2(CC[C@H](C)[C@H](C[C@@H](CC)OCc3ccc(OC)cc3)O2)C[C@H](OC(=O)c2ccccc2)[C@@H]1C. The molecule has 2 aromatic carbocycles. The predicted molar refractivity (Wildman–Crippen MR) is 179 cm³/mol. The molecular formula is C39H54O7. The number of terminal acetylenes is 1. The molecule has 0 saturated carbocycles. The Labute approximate surface area is 276 Å². The van der Waals surface area contributed by atoms with E-state index >= 15 is 0 Å². The van der Waals surface area contributed by atoms with Crippen LogP contribution < -0.4 is 4.74 Å². The van der Waals surface area contributed by atoms with Gasteiger partial charge in [-0.25, -0.2) is 4.79 Å². The van der Waals surface area contributed by atoms with E-state index in [2.05, 4.69) is 33.6 Å². The Hall–Kier alpha value is -2.89. The fraction of sp³-hybridized carbons (Fsp3) is 0.615. The highest BCUT2D eigenvalue weighted by Crippen LogP contribution is 2.46. The molecule has 7 nitrogen and oxygen atoms in total. The average molecular weight is 635 g/mol. The molecule has 0 radical (unpaired) electrons. The monoisotopic (exact) mass is 634 g/mol. The average Bonchev–Trinajstić information content (AvgIpc) is 3.06. The van der Waals surface area contributed by atoms with Crippen LogP contribution in [0.3, 0.4) is 0 Å². The smallest absolute Gasteiger partial charge is 0.338 e. The van der Waals surface area contributed by atoms with Crippen molar-refractivity contribution in [2.75, 3.05) is 7.11 Å². The molecule has 2 heterocycles. The molecule has 46 heavy (non-hydrogen) atoms. The number of hydrogen-bond donors (Lipinski definition) is 1. The molecule has 0 amide bonds. The van der Waals surface area contributed by atoms with Gasteiger partial charge in [-0.2, -0.15) is 0 Å². The highest BCUT2D eigenvalue weighted by atomic mass is 16.7. The second-order valence-electron chi connectivity index (χ2n) is 13.7. The summed E-state index contributed by atoms with van der Waals surface area (Å²) in [6.45, 7) is 11.1. The molecule has 7 heteroatoms. The van der Waals surface area contributed by atoms with Gasteiger partial charge >= 0.3 is 5.97 Å². The number of methoxy groups -OCH3 is 1. The molecule has 0 aliphatic carbocycles. The molecule has 0 bridgehead atoms. The molecule has 2 aromatic rings. The minimum absolute atomic E-state index is 0.00367. The van der Waals surface area contributed by atoms with E-state index in [0.717, 1.165) is 37.0 Å². The van der Waals surface area contributed by atoms with Crippen LogP contribution in [0.15, 0.2) is 54.6 Å².